The molecule has 0 fully saturated rings. The predicted molar refractivity (Wildman–Crippen MR) is 128 cm³/mol. The van der Waals surface area contributed by atoms with E-state index < -0.39 is 5.60 Å². The van der Waals surface area contributed by atoms with E-state index in [0.717, 1.165) is 6.42 Å². The number of aryl methyl sites for hydroxylation is 1. The summed E-state index contributed by atoms with van der Waals surface area (Å²) in [5.41, 5.74) is 2.73. The van der Waals surface area contributed by atoms with Crippen LogP contribution < -0.4 is 10.1 Å². The van der Waals surface area contributed by atoms with Crippen LogP contribution in [0.2, 0.25) is 5.02 Å². The van der Waals surface area contributed by atoms with Crippen LogP contribution in [-0.2, 0) is 11.2 Å². The molecule has 3 aromatic rings. The Balaban J connectivity index is 1.77. The molecule has 0 heterocycles. The third-order valence-corrected chi connectivity index (χ3v) is 5.88. The molecule has 31 heavy (non-hydrogen) atoms. The summed E-state index contributed by atoms with van der Waals surface area (Å²) in [4.78, 5) is 13.1. The van der Waals surface area contributed by atoms with Crippen molar-refractivity contribution in [2.45, 2.75) is 51.7 Å². The first-order valence-corrected chi connectivity index (χ1v) is 11.0. The maximum Gasteiger partial charge on any atom is 0.263 e. The van der Waals surface area contributed by atoms with Gasteiger partial charge in [-0.25, -0.2) is 0 Å². The zero-order valence-corrected chi connectivity index (χ0v) is 19.3. The fourth-order valence-corrected chi connectivity index (χ4v) is 3.81. The van der Waals surface area contributed by atoms with Crippen LogP contribution in [0.15, 0.2) is 78.9 Å². The van der Waals surface area contributed by atoms with Crippen LogP contribution in [0.1, 0.15) is 43.4 Å². The summed E-state index contributed by atoms with van der Waals surface area (Å²) in [5.74, 6) is 0.593. The summed E-state index contributed by atoms with van der Waals surface area (Å²) in [6.45, 7) is 7.75. The molecule has 4 heteroatoms. The topological polar surface area (TPSA) is 38.3 Å². The lowest BCUT2D eigenvalue weighted by atomic mass is 9.85. The summed E-state index contributed by atoms with van der Waals surface area (Å²) < 4.78 is 5.97. The van der Waals surface area contributed by atoms with Gasteiger partial charge in [0.1, 0.15) is 5.75 Å². The maximum absolute atomic E-state index is 13.1. The second kappa shape index (κ2) is 10.0. The molecule has 0 aromatic heterocycles. The van der Waals surface area contributed by atoms with E-state index in [1.807, 2.05) is 18.2 Å². The van der Waals surface area contributed by atoms with Crippen LogP contribution in [0.3, 0.4) is 0 Å². The van der Waals surface area contributed by atoms with E-state index in [4.69, 9.17) is 16.3 Å². The molecule has 0 saturated carbocycles. The Bertz CT molecular complexity index is 999. The molecule has 0 aliphatic heterocycles. The molecular formula is C27H30ClNO2. The molecule has 3 nitrogen and oxygen atoms in total. The zero-order valence-electron chi connectivity index (χ0n) is 18.6. The quantitative estimate of drug-likeness (QED) is 0.448. The van der Waals surface area contributed by atoms with Gasteiger partial charge in [-0.1, -0.05) is 66.2 Å². The summed E-state index contributed by atoms with van der Waals surface area (Å²) in [5, 5.41) is 3.83. The van der Waals surface area contributed by atoms with Gasteiger partial charge in [0.05, 0.1) is 0 Å². The highest BCUT2D eigenvalue weighted by Gasteiger charge is 2.33. The number of nitrogens with one attached hydrogen (secondary N) is 1. The van der Waals surface area contributed by atoms with E-state index in [9.17, 15) is 4.79 Å². The first kappa shape index (κ1) is 22.9. The van der Waals surface area contributed by atoms with Gasteiger partial charge in [0.25, 0.3) is 5.91 Å². The lowest BCUT2D eigenvalue weighted by Crippen LogP contribution is -2.51. The van der Waals surface area contributed by atoms with Crippen LogP contribution in [0.5, 0.6) is 5.75 Å². The van der Waals surface area contributed by atoms with Gasteiger partial charge in [0.15, 0.2) is 5.60 Å². The average molecular weight is 436 g/mol. The van der Waals surface area contributed by atoms with Gasteiger partial charge in [0.2, 0.25) is 0 Å². The Morgan fingerprint density at radius 3 is 2.23 bits per heavy atom. The van der Waals surface area contributed by atoms with E-state index in [-0.39, 0.29) is 17.9 Å². The van der Waals surface area contributed by atoms with Crippen molar-refractivity contribution >= 4 is 17.5 Å². The van der Waals surface area contributed by atoms with E-state index in [2.05, 4.69) is 55.6 Å². The highest BCUT2D eigenvalue weighted by Crippen LogP contribution is 2.27. The van der Waals surface area contributed by atoms with Crippen molar-refractivity contribution in [2.75, 3.05) is 0 Å². The van der Waals surface area contributed by atoms with Gasteiger partial charge in [0, 0.05) is 17.0 Å². The Morgan fingerprint density at radius 1 is 0.968 bits per heavy atom. The number of hydrogen-bond acceptors (Lipinski definition) is 2. The molecule has 0 aliphatic rings. The first-order valence-electron chi connectivity index (χ1n) is 10.6. The highest BCUT2D eigenvalue weighted by molar-refractivity contribution is 6.30. The first-order chi connectivity index (χ1) is 14.8. The maximum atomic E-state index is 13.1. The second-order valence-corrected chi connectivity index (χ2v) is 8.91. The number of hydrogen-bond donors (Lipinski definition) is 1. The Kier molecular flexibility index (Phi) is 7.40. The lowest BCUT2D eigenvalue weighted by molar-refractivity contribution is -0.135. The van der Waals surface area contributed by atoms with Crippen molar-refractivity contribution in [3.63, 3.8) is 0 Å². The number of rotatable bonds is 8. The van der Waals surface area contributed by atoms with Crippen LogP contribution >= 0.6 is 11.6 Å². The largest absolute Gasteiger partial charge is 0.478 e. The molecular weight excluding hydrogens is 406 g/mol. The minimum absolute atomic E-state index is 0.0809. The summed E-state index contributed by atoms with van der Waals surface area (Å²) in [7, 11) is 0. The van der Waals surface area contributed by atoms with Crippen LogP contribution in [0.25, 0.3) is 0 Å². The molecule has 0 saturated heterocycles. The van der Waals surface area contributed by atoms with E-state index in [1.165, 1.54) is 16.7 Å². The highest BCUT2D eigenvalue weighted by atomic mass is 35.5. The van der Waals surface area contributed by atoms with Gasteiger partial charge in [-0.3, -0.25) is 4.79 Å². The number of carbonyl (C=O) groups excluding carboxylic acids is 1. The molecule has 2 atom stereocenters. The van der Waals surface area contributed by atoms with Gasteiger partial charge >= 0.3 is 0 Å². The number of benzene rings is 3. The molecule has 162 valence electrons. The second-order valence-electron chi connectivity index (χ2n) is 8.48. The normalized spacial score (nSPS) is 13.3. The minimum Gasteiger partial charge on any atom is -0.478 e. The fourth-order valence-electron chi connectivity index (χ4n) is 3.68. The Morgan fingerprint density at radius 2 is 1.58 bits per heavy atom. The van der Waals surface area contributed by atoms with E-state index >= 15 is 0 Å². The third-order valence-electron chi connectivity index (χ3n) is 5.62. The SMILES string of the molecule is Cc1ccccc1CC(c1ccccc1)C(C)NC(=O)C(C)(C)Oc1ccc(Cl)cc1. The number of ether oxygens (including phenoxy) is 1. The van der Waals surface area contributed by atoms with Crippen molar-refractivity contribution < 1.29 is 9.53 Å². The summed E-state index contributed by atoms with van der Waals surface area (Å²) >= 11 is 5.95. The minimum atomic E-state index is -1.02. The molecule has 0 bridgehead atoms. The van der Waals surface area contributed by atoms with Crippen molar-refractivity contribution in [1.82, 2.24) is 5.32 Å². The smallest absolute Gasteiger partial charge is 0.263 e. The molecule has 0 radical (unpaired) electrons. The number of amides is 1. The summed E-state index contributed by atoms with van der Waals surface area (Å²) in [6.07, 6.45) is 0.844. The molecule has 3 rings (SSSR count). The third kappa shape index (κ3) is 6.11. The van der Waals surface area contributed by atoms with Crippen LogP contribution in [-0.4, -0.2) is 17.6 Å². The average Bonchev–Trinajstić information content (AvgIpc) is 2.75. The van der Waals surface area contributed by atoms with Crippen LogP contribution in [0.4, 0.5) is 0 Å². The monoisotopic (exact) mass is 435 g/mol. The van der Waals surface area contributed by atoms with Gasteiger partial charge in [-0.05, 0) is 75.1 Å². The predicted octanol–water partition coefficient (Wildman–Crippen LogP) is 6.34. The molecule has 1 amide bonds. The lowest BCUT2D eigenvalue weighted by Gasteiger charge is -2.31. The molecule has 1 N–H and O–H groups in total. The molecule has 0 spiro atoms. The van der Waals surface area contributed by atoms with Gasteiger partial charge in [-0.2, -0.15) is 0 Å². The van der Waals surface area contributed by atoms with E-state index in [0.29, 0.717) is 10.8 Å². The molecule has 0 aliphatic carbocycles. The molecule has 3 aromatic carbocycles. The standard InChI is InChI=1S/C27H30ClNO2/c1-19-10-8-9-13-22(19)18-25(21-11-6-5-7-12-21)20(2)29-26(30)27(3,4)31-24-16-14-23(28)15-17-24/h5-17,20,25H,18H2,1-4H3,(H,29,30). The zero-order chi connectivity index (χ0) is 22.4. The van der Waals surface area contributed by atoms with Gasteiger partial charge in [-0.15, -0.1) is 0 Å². The molecule has 2 unspecified atom stereocenters. The fraction of sp³-hybridized carbons (Fsp3) is 0.296. The van der Waals surface area contributed by atoms with Crippen LogP contribution in [0, 0.1) is 6.92 Å². The summed E-state index contributed by atoms with van der Waals surface area (Å²) in [6, 6.07) is 25.7. The van der Waals surface area contributed by atoms with Crippen molar-refractivity contribution in [3.05, 3.63) is 101 Å². The number of halogens is 1. The van der Waals surface area contributed by atoms with Gasteiger partial charge < -0.3 is 10.1 Å². The van der Waals surface area contributed by atoms with E-state index in [1.54, 1.807) is 38.1 Å². The number of carbonyl (C=O) groups is 1. The van der Waals surface area contributed by atoms with Crippen molar-refractivity contribution in [3.8, 4) is 5.75 Å². The van der Waals surface area contributed by atoms with Crippen molar-refractivity contribution in [2.24, 2.45) is 0 Å². The Hall–Kier alpha value is -2.78. The Labute approximate surface area is 190 Å². The van der Waals surface area contributed by atoms with Crippen molar-refractivity contribution in [1.29, 1.82) is 0 Å².